The molecule has 4 nitrogen and oxygen atoms in total. The normalized spacial score (nSPS) is 25.1. The summed E-state index contributed by atoms with van der Waals surface area (Å²) in [7, 11) is 0. The van der Waals surface area contributed by atoms with Gasteiger partial charge in [0.2, 0.25) is 0 Å². The maximum atomic E-state index is 9.92. The minimum atomic E-state index is -0.516. The predicted molar refractivity (Wildman–Crippen MR) is 68.9 cm³/mol. The van der Waals surface area contributed by atoms with Crippen molar-refractivity contribution in [1.82, 2.24) is 9.88 Å². The number of likely N-dealkylation sites (tertiary alicyclic amines) is 1. The van der Waals surface area contributed by atoms with E-state index in [2.05, 4.69) is 28.2 Å². The Hall–Kier alpha value is -1.13. The molecule has 1 atom stereocenters. The molecule has 0 spiro atoms. The van der Waals surface area contributed by atoms with Crippen LogP contribution in [0.1, 0.15) is 25.8 Å². The number of aliphatic hydroxyl groups is 1. The van der Waals surface area contributed by atoms with Gasteiger partial charge in [0, 0.05) is 32.4 Å². The van der Waals surface area contributed by atoms with E-state index >= 15 is 0 Å². The second-order valence-corrected chi connectivity index (χ2v) is 5.04. The van der Waals surface area contributed by atoms with Gasteiger partial charge in [0.05, 0.1) is 5.60 Å². The first-order valence-electron chi connectivity index (χ1n) is 6.22. The highest BCUT2D eigenvalue weighted by atomic mass is 16.3. The lowest BCUT2D eigenvalue weighted by Gasteiger charge is -2.19. The molecule has 0 radical (unpaired) electrons. The second kappa shape index (κ2) is 5.02. The van der Waals surface area contributed by atoms with Gasteiger partial charge < -0.3 is 10.4 Å². The van der Waals surface area contributed by atoms with Gasteiger partial charge in [-0.2, -0.15) is 0 Å². The number of pyridine rings is 1. The molecule has 1 aromatic rings. The SMILES string of the molecule is CCNc1cc(CN2CCC(C)(O)C2)ccn1. The highest BCUT2D eigenvalue weighted by Gasteiger charge is 2.30. The van der Waals surface area contributed by atoms with Crippen LogP contribution in [0, 0.1) is 0 Å². The van der Waals surface area contributed by atoms with E-state index in [0.29, 0.717) is 0 Å². The van der Waals surface area contributed by atoms with Gasteiger partial charge in [-0.3, -0.25) is 4.90 Å². The number of aromatic nitrogens is 1. The Morgan fingerprint density at radius 1 is 1.59 bits per heavy atom. The summed E-state index contributed by atoms with van der Waals surface area (Å²) in [6.45, 7) is 7.46. The van der Waals surface area contributed by atoms with Crippen molar-refractivity contribution in [2.24, 2.45) is 0 Å². The summed E-state index contributed by atoms with van der Waals surface area (Å²) in [4.78, 5) is 6.54. The van der Waals surface area contributed by atoms with Gasteiger partial charge in [0.25, 0.3) is 0 Å². The van der Waals surface area contributed by atoms with E-state index in [0.717, 1.165) is 38.4 Å². The molecule has 2 N–H and O–H groups in total. The number of nitrogens with one attached hydrogen (secondary N) is 1. The van der Waals surface area contributed by atoms with E-state index in [1.807, 2.05) is 19.2 Å². The average molecular weight is 235 g/mol. The van der Waals surface area contributed by atoms with Gasteiger partial charge in [-0.05, 0) is 38.0 Å². The molecule has 0 aliphatic carbocycles. The molecule has 94 valence electrons. The molecule has 2 rings (SSSR count). The standard InChI is InChI=1S/C13H21N3O/c1-3-14-12-8-11(4-6-15-12)9-16-7-5-13(2,17)10-16/h4,6,8,17H,3,5,7,9-10H2,1-2H3,(H,14,15). The van der Waals surface area contributed by atoms with Crippen molar-refractivity contribution < 1.29 is 5.11 Å². The smallest absolute Gasteiger partial charge is 0.126 e. The molecule has 17 heavy (non-hydrogen) atoms. The Bertz CT molecular complexity index is 379. The van der Waals surface area contributed by atoms with Gasteiger partial charge in [-0.1, -0.05) is 0 Å². The lowest BCUT2D eigenvalue weighted by Crippen LogP contribution is -2.29. The van der Waals surface area contributed by atoms with Gasteiger partial charge >= 0.3 is 0 Å². The van der Waals surface area contributed by atoms with Crippen molar-refractivity contribution in [1.29, 1.82) is 0 Å². The molecule has 1 aliphatic rings. The van der Waals surface area contributed by atoms with Crippen molar-refractivity contribution in [3.05, 3.63) is 23.9 Å². The molecule has 4 heteroatoms. The van der Waals surface area contributed by atoms with Crippen LogP contribution in [0.3, 0.4) is 0 Å². The lowest BCUT2D eigenvalue weighted by atomic mass is 10.1. The summed E-state index contributed by atoms with van der Waals surface area (Å²) >= 11 is 0. The maximum absolute atomic E-state index is 9.92. The van der Waals surface area contributed by atoms with Crippen LogP contribution in [-0.4, -0.2) is 40.2 Å². The van der Waals surface area contributed by atoms with Crippen LogP contribution < -0.4 is 5.32 Å². The number of hydrogen-bond acceptors (Lipinski definition) is 4. The monoisotopic (exact) mass is 235 g/mol. The number of rotatable bonds is 4. The van der Waals surface area contributed by atoms with Crippen LogP contribution in [0.2, 0.25) is 0 Å². The first-order chi connectivity index (χ1) is 8.09. The maximum Gasteiger partial charge on any atom is 0.126 e. The third-order valence-corrected chi connectivity index (χ3v) is 3.12. The Morgan fingerprint density at radius 3 is 3.06 bits per heavy atom. The second-order valence-electron chi connectivity index (χ2n) is 5.04. The van der Waals surface area contributed by atoms with E-state index < -0.39 is 5.60 Å². The third kappa shape index (κ3) is 3.41. The summed E-state index contributed by atoms with van der Waals surface area (Å²) in [6, 6.07) is 4.12. The molecular formula is C13H21N3O. The van der Waals surface area contributed by atoms with Crippen LogP contribution in [0.5, 0.6) is 0 Å². The zero-order valence-electron chi connectivity index (χ0n) is 10.6. The molecule has 0 saturated carbocycles. The molecule has 0 aromatic carbocycles. The first-order valence-corrected chi connectivity index (χ1v) is 6.22. The molecule has 0 bridgehead atoms. The van der Waals surface area contributed by atoms with E-state index in [1.54, 1.807) is 0 Å². The van der Waals surface area contributed by atoms with Gasteiger partial charge in [0.15, 0.2) is 0 Å². The Kier molecular flexibility index (Phi) is 3.64. The van der Waals surface area contributed by atoms with E-state index in [-0.39, 0.29) is 0 Å². The van der Waals surface area contributed by atoms with E-state index in [1.165, 1.54) is 5.56 Å². The summed E-state index contributed by atoms with van der Waals surface area (Å²) in [5, 5.41) is 13.1. The third-order valence-electron chi connectivity index (χ3n) is 3.12. The largest absolute Gasteiger partial charge is 0.389 e. The Balaban J connectivity index is 1.97. The van der Waals surface area contributed by atoms with Crippen molar-refractivity contribution in [2.45, 2.75) is 32.4 Å². The fraction of sp³-hybridized carbons (Fsp3) is 0.615. The van der Waals surface area contributed by atoms with Gasteiger partial charge in [0.1, 0.15) is 5.82 Å². The molecule has 1 saturated heterocycles. The van der Waals surface area contributed by atoms with Crippen LogP contribution in [-0.2, 0) is 6.54 Å². The first kappa shape index (κ1) is 12.3. The summed E-state index contributed by atoms with van der Waals surface area (Å²) in [5.74, 6) is 0.927. The van der Waals surface area contributed by atoms with Gasteiger partial charge in [-0.15, -0.1) is 0 Å². The molecule has 2 heterocycles. The fourth-order valence-corrected chi connectivity index (χ4v) is 2.28. The molecular weight excluding hydrogens is 214 g/mol. The molecule has 0 amide bonds. The highest BCUT2D eigenvalue weighted by molar-refractivity contribution is 5.37. The van der Waals surface area contributed by atoms with Crippen molar-refractivity contribution in [3.8, 4) is 0 Å². The molecule has 1 aromatic heterocycles. The van der Waals surface area contributed by atoms with Crippen molar-refractivity contribution >= 4 is 5.82 Å². The van der Waals surface area contributed by atoms with Crippen molar-refractivity contribution in [2.75, 3.05) is 25.0 Å². The minimum Gasteiger partial charge on any atom is -0.389 e. The van der Waals surface area contributed by atoms with Crippen LogP contribution >= 0.6 is 0 Å². The Labute approximate surface area is 103 Å². The summed E-state index contributed by atoms with van der Waals surface area (Å²) < 4.78 is 0. The molecule has 1 unspecified atom stereocenters. The average Bonchev–Trinajstić information content (AvgIpc) is 2.59. The molecule has 1 fully saturated rings. The number of nitrogens with zero attached hydrogens (tertiary/aromatic N) is 2. The number of anilines is 1. The van der Waals surface area contributed by atoms with Crippen LogP contribution in [0.15, 0.2) is 18.3 Å². The minimum absolute atomic E-state index is 0.516. The number of β-amino-alcohol motifs (C(OH)–C–C–N with tert-alkyl or cyclic N) is 1. The topological polar surface area (TPSA) is 48.4 Å². The predicted octanol–water partition coefficient (Wildman–Crippen LogP) is 1.47. The van der Waals surface area contributed by atoms with Crippen LogP contribution in [0.25, 0.3) is 0 Å². The van der Waals surface area contributed by atoms with E-state index in [9.17, 15) is 5.11 Å². The zero-order valence-corrected chi connectivity index (χ0v) is 10.6. The quantitative estimate of drug-likeness (QED) is 0.829. The van der Waals surface area contributed by atoms with Crippen molar-refractivity contribution in [3.63, 3.8) is 0 Å². The molecule has 1 aliphatic heterocycles. The van der Waals surface area contributed by atoms with E-state index in [4.69, 9.17) is 0 Å². The summed E-state index contributed by atoms with van der Waals surface area (Å²) in [6.07, 6.45) is 2.69. The summed E-state index contributed by atoms with van der Waals surface area (Å²) in [5.41, 5.74) is 0.728. The Morgan fingerprint density at radius 2 is 2.41 bits per heavy atom. The highest BCUT2D eigenvalue weighted by Crippen LogP contribution is 2.22. The number of hydrogen-bond donors (Lipinski definition) is 2. The van der Waals surface area contributed by atoms with Gasteiger partial charge in [-0.25, -0.2) is 4.98 Å². The fourth-order valence-electron chi connectivity index (χ4n) is 2.28. The zero-order chi connectivity index (χ0) is 12.3. The lowest BCUT2D eigenvalue weighted by molar-refractivity contribution is 0.0679. The van der Waals surface area contributed by atoms with Crippen LogP contribution in [0.4, 0.5) is 5.82 Å².